The van der Waals surface area contributed by atoms with Crippen LogP contribution in [0.4, 0.5) is 4.79 Å². The van der Waals surface area contributed by atoms with Crippen molar-refractivity contribution in [1.29, 1.82) is 0 Å². The number of hydrogen-bond donors (Lipinski definition) is 1. The topological polar surface area (TPSA) is 84.9 Å². The Bertz CT molecular complexity index is 616. The number of hydrogen-bond acceptors (Lipinski definition) is 5. The average Bonchev–Trinajstić information content (AvgIpc) is 2.54. The predicted molar refractivity (Wildman–Crippen MR) is 97.1 cm³/mol. The third-order valence-corrected chi connectivity index (χ3v) is 3.91. The first-order chi connectivity index (χ1) is 11.9. The number of urea groups is 1. The molecule has 0 bridgehead atoms. The van der Waals surface area contributed by atoms with Gasteiger partial charge in [-0.15, -0.1) is 0 Å². The van der Waals surface area contributed by atoms with Gasteiger partial charge in [0.1, 0.15) is 5.75 Å². The van der Waals surface area contributed by atoms with E-state index in [4.69, 9.17) is 8.92 Å². The Morgan fingerprint density at radius 2 is 1.88 bits per heavy atom. The van der Waals surface area contributed by atoms with E-state index in [0.29, 0.717) is 26.2 Å². The largest absolute Gasteiger partial charge is 0.385 e. The Morgan fingerprint density at radius 1 is 1.20 bits per heavy atom. The van der Waals surface area contributed by atoms with Gasteiger partial charge in [-0.2, -0.15) is 8.42 Å². The van der Waals surface area contributed by atoms with Crippen molar-refractivity contribution in [3.05, 3.63) is 29.8 Å². The van der Waals surface area contributed by atoms with E-state index in [2.05, 4.69) is 12.2 Å². The second-order valence-electron chi connectivity index (χ2n) is 5.78. The molecule has 1 rings (SSSR count). The van der Waals surface area contributed by atoms with Crippen LogP contribution >= 0.6 is 0 Å². The summed E-state index contributed by atoms with van der Waals surface area (Å²) in [5.74, 6) is 0.254. The van der Waals surface area contributed by atoms with Crippen LogP contribution in [0.15, 0.2) is 24.3 Å². The zero-order chi connectivity index (χ0) is 18.7. The number of nitrogens with one attached hydrogen (secondary N) is 1. The fourth-order valence-electron chi connectivity index (χ4n) is 2.18. The van der Waals surface area contributed by atoms with Gasteiger partial charge in [0.15, 0.2) is 0 Å². The Morgan fingerprint density at radius 3 is 2.44 bits per heavy atom. The summed E-state index contributed by atoms with van der Waals surface area (Å²) in [6.45, 7) is 4.31. The molecule has 0 aliphatic heterocycles. The summed E-state index contributed by atoms with van der Waals surface area (Å²) in [5.41, 5.74) is 0.893. The maximum Gasteiger partial charge on any atom is 0.317 e. The van der Waals surface area contributed by atoms with E-state index in [1.807, 2.05) is 0 Å². The summed E-state index contributed by atoms with van der Waals surface area (Å²) in [4.78, 5) is 14.1. The minimum absolute atomic E-state index is 0.110. The highest BCUT2D eigenvalue weighted by Crippen LogP contribution is 2.15. The Balaban J connectivity index is 2.69. The maximum atomic E-state index is 12.3. The van der Waals surface area contributed by atoms with E-state index < -0.39 is 10.1 Å². The van der Waals surface area contributed by atoms with Crippen molar-refractivity contribution >= 4 is 16.1 Å². The van der Waals surface area contributed by atoms with Crippen LogP contribution in [0, 0.1) is 0 Å². The number of rotatable bonds is 11. The highest BCUT2D eigenvalue weighted by molar-refractivity contribution is 7.86. The molecule has 0 heterocycles. The van der Waals surface area contributed by atoms with Crippen LogP contribution in [-0.4, -0.2) is 52.4 Å². The molecule has 0 spiro atoms. The first-order valence-electron chi connectivity index (χ1n) is 8.36. The second kappa shape index (κ2) is 10.9. The highest BCUT2D eigenvalue weighted by atomic mass is 32.2. The van der Waals surface area contributed by atoms with Gasteiger partial charge < -0.3 is 19.1 Å². The molecule has 25 heavy (non-hydrogen) atoms. The van der Waals surface area contributed by atoms with E-state index in [1.54, 1.807) is 36.3 Å². The first-order valence-corrected chi connectivity index (χ1v) is 10.2. The molecule has 1 aromatic carbocycles. The number of carbonyl (C=O) groups is 1. The number of ether oxygens (including phenoxy) is 1. The fraction of sp³-hybridized carbons (Fsp3) is 0.588. The molecular formula is C17H28N2O5S. The van der Waals surface area contributed by atoms with Crippen LogP contribution in [0.25, 0.3) is 0 Å². The monoisotopic (exact) mass is 372 g/mol. The molecule has 0 atom stereocenters. The van der Waals surface area contributed by atoms with Gasteiger partial charge in [0.05, 0.1) is 6.26 Å². The lowest BCUT2D eigenvalue weighted by Crippen LogP contribution is -2.40. The Kier molecular flexibility index (Phi) is 9.30. The molecule has 0 radical (unpaired) electrons. The van der Waals surface area contributed by atoms with Crippen molar-refractivity contribution in [2.75, 3.05) is 33.1 Å². The number of methoxy groups -OCH3 is 1. The Labute approximate surface area is 150 Å². The van der Waals surface area contributed by atoms with Gasteiger partial charge in [0.25, 0.3) is 0 Å². The summed E-state index contributed by atoms with van der Waals surface area (Å²) >= 11 is 0. The van der Waals surface area contributed by atoms with E-state index in [9.17, 15) is 13.2 Å². The number of nitrogens with zero attached hydrogens (tertiary/aromatic N) is 1. The van der Waals surface area contributed by atoms with Crippen molar-refractivity contribution in [1.82, 2.24) is 10.2 Å². The van der Waals surface area contributed by atoms with Gasteiger partial charge in [-0.1, -0.05) is 25.5 Å². The van der Waals surface area contributed by atoms with Gasteiger partial charge in [-0.05, 0) is 30.5 Å². The highest BCUT2D eigenvalue weighted by Gasteiger charge is 2.13. The second-order valence-corrected chi connectivity index (χ2v) is 7.36. The van der Waals surface area contributed by atoms with Gasteiger partial charge in [0.2, 0.25) is 0 Å². The molecule has 0 aromatic heterocycles. The van der Waals surface area contributed by atoms with E-state index in [1.165, 1.54) is 0 Å². The predicted octanol–water partition coefficient (Wildman–Crippen LogP) is 2.37. The molecule has 0 saturated carbocycles. The average molecular weight is 372 g/mol. The lowest BCUT2D eigenvalue weighted by Gasteiger charge is -2.23. The molecule has 0 fully saturated rings. The van der Waals surface area contributed by atoms with E-state index in [-0.39, 0.29) is 11.8 Å². The van der Waals surface area contributed by atoms with Crippen LogP contribution in [0.5, 0.6) is 5.75 Å². The smallest absolute Gasteiger partial charge is 0.317 e. The maximum absolute atomic E-state index is 12.3. The SMILES string of the molecule is CCCCNC(=O)N(CCCOC)Cc1ccc(OS(C)(=O)=O)cc1. The van der Waals surface area contributed by atoms with Crippen LogP contribution < -0.4 is 9.50 Å². The summed E-state index contributed by atoms with van der Waals surface area (Å²) in [6, 6.07) is 6.56. The molecule has 8 heteroatoms. The third-order valence-electron chi connectivity index (χ3n) is 3.41. The van der Waals surface area contributed by atoms with Gasteiger partial charge in [-0.25, -0.2) is 4.79 Å². The summed E-state index contributed by atoms with van der Waals surface area (Å²) in [5, 5.41) is 2.92. The number of amides is 2. The number of benzene rings is 1. The van der Waals surface area contributed by atoms with Crippen LogP contribution in [0.3, 0.4) is 0 Å². The van der Waals surface area contributed by atoms with Crippen molar-refractivity contribution in [2.24, 2.45) is 0 Å². The van der Waals surface area contributed by atoms with E-state index in [0.717, 1.165) is 31.1 Å². The van der Waals surface area contributed by atoms with Crippen molar-refractivity contribution in [3.8, 4) is 5.75 Å². The molecule has 142 valence electrons. The molecule has 7 nitrogen and oxygen atoms in total. The van der Waals surface area contributed by atoms with Crippen molar-refractivity contribution in [3.63, 3.8) is 0 Å². The fourth-order valence-corrected chi connectivity index (χ4v) is 2.64. The van der Waals surface area contributed by atoms with Crippen LogP contribution in [-0.2, 0) is 21.4 Å². The van der Waals surface area contributed by atoms with Crippen molar-refractivity contribution < 1.29 is 22.1 Å². The molecule has 0 aliphatic carbocycles. The van der Waals surface area contributed by atoms with Gasteiger partial charge in [-0.3, -0.25) is 0 Å². The van der Waals surface area contributed by atoms with E-state index >= 15 is 0 Å². The quantitative estimate of drug-likeness (QED) is 0.476. The lowest BCUT2D eigenvalue weighted by molar-refractivity contribution is 0.166. The van der Waals surface area contributed by atoms with Crippen LogP contribution in [0.2, 0.25) is 0 Å². The number of unbranched alkanes of at least 4 members (excludes halogenated alkanes) is 1. The third kappa shape index (κ3) is 9.31. The normalized spacial score (nSPS) is 11.2. The summed E-state index contributed by atoms with van der Waals surface area (Å²) < 4.78 is 32.1. The van der Waals surface area contributed by atoms with Crippen LogP contribution in [0.1, 0.15) is 31.7 Å². The molecule has 0 saturated heterocycles. The van der Waals surface area contributed by atoms with Gasteiger partial charge in [0, 0.05) is 33.4 Å². The molecule has 2 amide bonds. The minimum atomic E-state index is -3.54. The lowest BCUT2D eigenvalue weighted by atomic mass is 10.2. The van der Waals surface area contributed by atoms with Gasteiger partial charge >= 0.3 is 16.1 Å². The standard InChI is InChI=1S/C17H28N2O5S/c1-4-5-11-18-17(20)19(12-6-13-23-2)14-15-7-9-16(10-8-15)24-25(3,21)22/h7-10H,4-6,11-14H2,1-3H3,(H,18,20). The minimum Gasteiger partial charge on any atom is -0.385 e. The molecule has 1 N–H and O–H groups in total. The zero-order valence-corrected chi connectivity index (χ0v) is 16.0. The number of carbonyl (C=O) groups excluding carboxylic acids is 1. The molecule has 0 unspecified atom stereocenters. The molecule has 1 aromatic rings. The summed E-state index contributed by atoms with van der Waals surface area (Å²) in [7, 11) is -1.91. The first kappa shape index (κ1) is 21.2. The summed E-state index contributed by atoms with van der Waals surface area (Å²) in [6.07, 6.45) is 3.70. The molecular weight excluding hydrogens is 344 g/mol. The van der Waals surface area contributed by atoms with Crippen molar-refractivity contribution in [2.45, 2.75) is 32.7 Å². The molecule has 0 aliphatic rings. The Hall–Kier alpha value is -1.80. The zero-order valence-electron chi connectivity index (χ0n) is 15.2.